The fourth-order valence-electron chi connectivity index (χ4n) is 1.84. The van der Waals surface area contributed by atoms with Crippen LogP contribution in [0.4, 0.5) is 5.13 Å². The van der Waals surface area contributed by atoms with E-state index in [0.717, 1.165) is 31.2 Å². The smallest absolute Gasteiger partial charge is 0.357 e. The summed E-state index contributed by atoms with van der Waals surface area (Å²) in [4.78, 5) is 15.8. The summed E-state index contributed by atoms with van der Waals surface area (Å²) in [5, 5.41) is 5.89. The Bertz CT molecular complexity index is 413. The zero-order chi connectivity index (χ0) is 13.0. The van der Waals surface area contributed by atoms with E-state index in [4.69, 9.17) is 9.47 Å². The molecule has 0 saturated carbocycles. The quantitative estimate of drug-likeness (QED) is 0.851. The van der Waals surface area contributed by atoms with E-state index in [1.54, 1.807) is 12.3 Å². The Morgan fingerprint density at radius 1 is 1.61 bits per heavy atom. The van der Waals surface area contributed by atoms with Crippen molar-refractivity contribution in [2.24, 2.45) is 0 Å². The fourth-order valence-corrected chi connectivity index (χ4v) is 2.66. The standard InChI is InChI=1S/C12H18N2O3S/c1-3-17-10(15)9-8-18-11(13-9)14-12(2)4-6-16-7-5-12/h8H,3-7H2,1-2H3,(H,13,14). The minimum atomic E-state index is -0.362. The first-order valence-electron chi connectivity index (χ1n) is 6.11. The van der Waals surface area contributed by atoms with Crippen LogP contribution in [0.3, 0.4) is 0 Å². The molecule has 1 N–H and O–H groups in total. The molecule has 0 aliphatic carbocycles. The third-order valence-corrected chi connectivity index (χ3v) is 3.75. The molecule has 1 fully saturated rings. The van der Waals surface area contributed by atoms with Gasteiger partial charge in [0.05, 0.1) is 6.61 Å². The van der Waals surface area contributed by atoms with E-state index in [9.17, 15) is 4.79 Å². The highest BCUT2D eigenvalue weighted by molar-refractivity contribution is 7.13. The molecule has 1 aromatic heterocycles. The lowest BCUT2D eigenvalue weighted by atomic mass is 9.93. The van der Waals surface area contributed by atoms with E-state index in [1.807, 2.05) is 0 Å². The van der Waals surface area contributed by atoms with Crippen molar-refractivity contribution in [2.45, 2.75) is 32.2 Å². The molecule has 1 aromatic rings. The van der Waals surface area contributed by atoms with Crippen LogP contribution in [0.25, 0.3) is 0 Å². The van der Waals surface area contributed by atoms with Gasteiger partial charge >= 0.3 is 5.97 Å². The van der Waals surface area contributed by atoms with Crippen molar-refractivity contribution in [1.82, 2.24) is 4.98 Å². The van der Waals surface area contributed by atoms with Crippen LogP contribution in [0.5, 0.6) is 0 Å². The summed E-state index contributed by atoms with van der Waals surface area (Å²) in [5.41, 5.74) is 0.377. The van der Waals surface area contributed by atoms with Crippen LogP contribution in [0.1, 0.15) is 37.2 Å². The number of aromatic nitrogens is 1. The SMILES string of the molecule is CCOC(=O)c1csc(NC2(C)CCOCC2)n1. The molecule has 2 heterocycles. The Morgan fingerprint density at radius 3 is 3.00 bits per heavy atom. The van der Waals surface area contributed by atoms with Crippen LogP contribution in [-0.2, 0) is 9.47 Å². The van der Waals surface area contributed by atoms with Gasteiger partial charge in [-0.25, -0.2) is 9.78 Å². The van der Waals surface area contributed by atoms with Crippen molar-refractivity contribution in [3.8, 4) is 0 Å². The number of thiazole rings is 1. The molecule has 6 heteroatoms. The summed E-state index contributed by atoms with van der Waals surface area (Å²) in [7, 11) is 0. The number of esters is 1. The monoisotopic (exact) mass is 270 g/mol. The van der Waals surface area contributed by atoms with Crippen molar-refractivity contribution in [3.63, 3.8) is 0 Å². The molecule has 1 aliphatic heterocycles. The first kappa shape index (κ1) is 13.3. The summed E-state index contributed by atoms with van der Waals surface area (Å²) < 4.78 is 10.3. The Hall–Kier alpha value is -1.14. The first-order chi connectivity index (χ1) is 8.63. The number of nitrogens with one attached hydrogen (secondary N) is 1. The molecule has 5 nitrogen and oxygen atoms in total. The number of carbonyl (C=O) groups excluding carboxylic acids is 1. The van der Waals surface area contributed by atoms with Gasteiger partial charge in [0.1, 0.15) is 0 Å². The van der Waals surface area contributed by atoms with Gasteiger partial charge in [0.15, 0.2) is 10.8 Å². The zero-order valence-corrected chi connectivity index (χ0v) is 11.5. The van der Waals surface area contributed by atoms with Gasteiger partial charge in [-0.3, -0.25) is 0 Å². The maximum absolute atomic E-state index is 11.5. The van der Waals surface area contributed by atoms with Crippen LogP contribution < -0.4 is 5.32 Å². The predicted molar refractivity (Wildman–Crippen MR) is 70.2 cm³/mol. The summed E-state index contributed by atoms with van der Waals surface area (Å²) >= 11 is 1.43. The molecule has 18 heavy (non-hydrogen) atoms. The number of ether oxygens (including phenoxy) is 2. The zero-order valence-electron chi connectivity index (χ0n) is 10.7. The first-order valence-corrected chi connectivity index (χ1v) is 6.99. The Labute approximate surface area is 111 Å². The summed E-state index contributed by atoms with van der Waals surface area (Å²) in [6, 6.07) is 0. The lowest BCUT2D eigenvalue weighted by molar-refractivity contribution is 0.0520. The van der Waals surface area contributed by atoms with E-state index >= 15 is 0 Å². The van der Waals surface area contributed by atoms with Crippen LogP contribution in [0, 0.1) is 0 Å². The average molecular weight is 270 g/mol. The van der Waals surface area contributed by atoms with Gasteiger partial charge in [0.25, 0.3) is 0 Å². The van der Waals surface area contributed by atoms with E-state index < -0.39 is 0 Å². The molecular formula is C12H18N2O3S. The summed E-state index contributed by atoms with van der Waals surface area (Å²) in [6.07, 6.45) is 1.89. The number of hydrogen-bond acceptors (Lipinski definition) is 6. The van der Waals surface area contributed by atoms with Crippen molar-refractivity contribution in [1.29, 1.82) is 0 Å². The molecule has 0 unspecified atom stereocenters. The normalized spacial score (nSPS) is 18.3. The Kier molecular flexibility index (Phi) is 4.19. The molecule has 0 amide bonds. The highest BCUT2D eigenvalue weighted by Gasteiger charge is 2.28. The minimum Gasteiger partial charge on any atom is -0.461 e. The maximum Gasteiger partial charge on any atom is 0.357 e. The van der Waals surface area contributed by atoms with Gasteiger partial charge in [-0.05, 0) is 26.7 Å². The van der Waals surface area contributed by atoms with Crippen molar-refractivity contribution in [2.75, 3.05) is 25.1 Å². The number of carbonyl (C=O) groups is 1. The van der Waals surface area contributed by atoms with Gasteiger partial charge < -0.3 is 14.8 Å². The second-order valence-electron chi connectivity index (χ2n) is 4.56. The number of hydrogen-bond donors (Lipinski definition) is 1. The van der Waals surface area contributed by atoms with E-state index in [0.29, 0.717) is 12.3 Å². The van der Waals surface area contributed by atoms with Crippen LogP contribution in [0.2, 0.25) is 0 Å². The highest BCUT2D eigenvalue weighted by Crippen LogP contribution is 2.27. The van der Waals surface area contributed by atoms with E-state index in [-0.39, 0.29) is 11.5 Å². The Balaban J connectivity index is 1.99. The van der Waals surface area contributed by atoms with Crippen molar-refractivity contribution >= 4 is 22.4 Å². The van der Waals surface area contributed by atoms with Crippen LogP contribution in [0.15, 0.2) is 5.38 Å². The molecule has 0 radical (unpaired) electrons. The Morgan fingerprint density at radius 2 is 2.33 bits per heavy atom. The number of anilines is 1. The molecule has 0 bridgehead atoms. The van der Waals surface area contributed by atoms with Crippen LogP contribution >= 0.6 is 11.3 Å². The molecule has 0 spiro atoms. The molecule has 2 rings (SSSR count). The molecule has 1 saturated heterocycles. The molecule has 0 aromatic carbocycles. The van der Waals surface area contributed by atoms with Gasteiger partial charge in [-0.15, -0.1) is 11.3 Å². The molecule has 0 atom stereocenters. The van der Waals surface area contributed by atoms with Gasteiger partial charge in [-0.2, -0.15) is 0 Å². The second kappa shape index (κ2) is 5.67. The largest absolute Gasteiger partial charge is 0.461 e. The van der Waals surface area contributed by atoms with Crippen LogP contribution in [-0.4, -0.2) is 36.3 Å². The fraction of sp³-hybridized carbons (Fsp3) is 0.667. The summed E-state index contributed by atoms with van der Waals surface area (Å²) in [6.45, 7) is 5.83. The van der Waals surface area contributed by atoms with Crippen molar-refractivity contribution < 1.29 is 14.3 Å². The van der Waals surface area contributed by atoms with E-state index in [2.05, 4.69) is 17.2 Å². The predicted octanol–water partition coefficient (Wildman–Crippen LogP) is 2.30. The molecular weight excluding hydrogens is 252 g/mol. The number of nitrogens with zero attached hydrogens (tertiary/aromatic N) is 1. The van der Waals surface area contributed by atoms with E-state index in [1.165, 1.54) is 11.3 Å². The topological polar surface area (TPSA) is 60.5 Å². The van der Waals surface area contributed by atoms with Gasteiger partial charge in [0, 0.05) is 24.1 Å². The second-order valence-corrected chi connectivity index (χ2v) is 5.41. The maximum atomic E-state index is 11.5. The average Bonchev–Trinajstić information content (AvgIpc) is 2.78. The molecule has 1 aliphatic rings. The third kappa shape index (κ3) is 3.20. The lowest BCUT2D eigenvalue weighted by Crippen LogP contribution is -2.40. The minimum absolute atomic E-state index is 0.00202. The molecule has 100 valence electrons. The van der Waals surface area contributed by atoms with Crippen molar-refractivity contribution in [3.05, 3.63) is 11.1 Å². The lowest BCUT2D eigenvalue weighted by Gasteiger charge is -2.34. The highest BCUT2D eigenvalue weighted by atomic mass is 32.1. The third-order valence-electron chi connectivity index (χ3n) is 2.99. The van der Waals surface area contributed by atoms with Gasteiger partial charge in [0.2, 0.25) is 0 Å². The summed E-state index contributed by atoms with van der Waals surface area (Å²) in [5.74, 6) is -0.362. The number of rotatable bonds is 4. The van der Waals surface area contributed by atoms with Gasteiger partial charge in [-0.1, -0.05) is 0 Å².